The quantitative estimate of drug-likeness (QED) is 0.908. The maximum atomic E-state index is 12.6. The molecule has 2 aliphatic rings. The molecule has 2 unspecified atom stereocenters. The molecular formula is C18H20N2O2S. The maximum Gasteiger partial charge on any atom is 0.229 e. The molecule has 0 radical (unpaired) electrons. The van der Waals surface area contributed by atoms with E-state index in [1.54, 1.807) is 0 Å². The molecule has 5 heteroatoms. The summed E-state index contributed by atoms with van der Waals surface area (Å²) in [4.78, 5) is 29.3. The van der Waals surface area contributed by atoms with Crippen molar-refractivity contribution in [3.63, 3.8) is 0 Å². The van der Waals surface area contributed by atoms with Gasteiger partial charge in [0.2, 0.25) is 5.91 Å². The number of amides is 1. The van der Waals surface area contributed by atoms with Crippen LogP contribution in [-0.2, 0) is 9.59 Å². The molecule has 2 fully saturated rings. The third-order valence-electron chi connectivity index (χ3n) is 5.27. The molecule has 0 saturated heterocycles. The van der Waals surface area contributed by atoms with Crippen LogP contribution >= 0.6 is 11.3 Å². The van der Waals surface area contributed by atoms with Crippen LogP contribution in [0.25, 0.3) is 10.2 Å². The van der Waals surface area contributed by atoms with Crippen molar-refractivity contribution in [3.05, 3.63) is 23.8 Å². The number of fused-ring (bicyclic) bond motifs is 3. The normalized spacial score (nSPS) is 27.2. The third-order valence-corrected chi connectivity index (χ3v) is 6.21. The summed E-state index contributed by atoms with van der Waals surface area (Å²) in [7, 11) is 0. The van der Waals surface area contributed by atoms with Gasteiger partial charge in [-0.25, -0.2) is 4.98 Å². The zero-order chi connectivity index (χ0) is 16.0. The highest BCUT2D eigenvalue weighted by Gasteiger charge is 2.41. The van der Waals surface area contributed by atoms with Crippen LogP contribution in [0.5, 0.6) is 0 Å². The number of benzene rings is 1. The first-order valence-corrected chi connectivity index (χ1v) is 9.14. The number of thiazole rings is 1. The molecule has 23 heavy (non-hydrogen) atoms. The fraction of sp³-hybridized carbons (Fsp3) is 0.500. The number of Topliss-reactive ketones (excluding diaryl/α,β-unsaturated/α-hetero) is 1. The van der Waals surface area contributed by atoms with Gasteiger partial charge < -0.3 is 5.32 Å². The number of carbonyl (C=O) groups is 2. The number of nitrogens with zero attached hydrogens (tertiary/aromatic N) is 1. The lowest BCUT2D eigenvalue weighted by atomic mass is 9.67. The average Bonchev–Trinajstić information content (AvgIpc) is 2.91. The monoisotopic (exact) mass is 328 g/mol. The second-order valence-electron chi connectivity index (χ2n) is 6.83. The molecule has 1 N–H and O–H groups in total. The molecule has 1 heterocycles. The molecule has 1 amide bonds. The number of nitrogens with one attached hydrogen (secondary N) is 1. The number of ketones is 1. The maximum absolute atomic E-state index is 12.6. The number of aromatic nitrogens is 1. The van der Waals surface area contributed by atoms with Crippen molar-refractivity contribution in [2.24, 2.45) is 17.8 Å². The molecule has 2 saturated carbocycles. The molecule has 0 aliphatic heterocycles. The summed E-state index contributed by atoms with van der Waals surface area (Å²) in [6.07, 6.45) is 4.47. The lowest BCUT2D eigenvalue weighted by molar-refractivity contribution is -0.136. The van der Waals surface area contributed by atoms with Crippen LogP contribution in [-0.4, -0.2) is 16.7 Å². The summed E-state index contributed by atoms with van der Waals surface area (Å²) in [6.45, 7) is 2.03. The molecule has 120 valence electrons. The number of hydrogen-bond acceptors (Lipinski definition) is 4. The summed E-state index contributed by atoms with van der Waals surface area (Å²) in [5.74, 6) is 0.602. The molecule has 4 rings (SSSR count). The predicted octanol–water partition coefficient (Wildman–Crippen LogP) is 3.94. The van der Waals surface area contributed by atoms with E-state index in [1.165, 1.54) is 11.3 Å². The number of anilines is 1. The predicted molar refractivity (Wildman–Crippen MR) is 91.5 cm³/mol. The highest BCUT2D eigenvalue weighted by molar-refractivity contribution is 7.22. The van der Waals surface area contributed by atoms with Gasteiger partial charge in [0, 0.05) is 17.8 Å². The number of carbonyl (C=O) groups excluding carboxylic acids is 2. The van der Waals surface area contributed by atoms with E-state index in [2.05, 4.69) is 10.3 Å². The third kappa shape index (κ3) is 2.67. The standard InChI is InChI=1S/C18H20N2O2S/c1-10-4-2-7-14-15(10)19-18(23-14)20-17(22)13-8-11-5-3-6-12(9-13)16(11)21/h2,4,7,11-13H,3,5-6,8-9H2,1H3,(H,19,20,22). The van der Waals surface area contributed by atoms with E-state index >= 15 is 0 Å². The van der Waals surface area contributed by atoms with Crippen LogP contribution in [0.15, 0.2) is 18.2 Å². The molecule has 2 aliphatic carbocycles. The second kappa shape index (κ2) is 5.71. The molecule has 4 nitrogen and oxygen atoms in total. The van der Waals surface area contributed by atoms with Crippen LogP contribution in [0.2, 0.25) is 0 Å². The van der Waals surface area contributed by atoms with E-state index in [-0.39, 0.29) is 23.7 Å². The molecule has 2 aromatic rings. The van der Waals surface area contributed by atoms with Crippen molar-refractivity contribution in [3.8, 4) is 0 Å². The number of aryl methyl sites for hydroxylation is 1. The number of rotatable bonds is 2. The SMILES string of the molecule is Cc1cccc2sc(NC(=O)C3CC4CCCC(C3)C4=O)nc12. The Morgan fingerprint density at radius 3 is 2.70 bits per heavy atom. The Bertz CT molecular complexity index is 766. The Morgan fingerprint density at radius 2 is 2.00 bits per heavy atom. The average molecular weight is 328 g/mol. The van der Waals surface area contributed by atoms with E-state index < -0.39 is 0 Å². The van der Waals surface area contributed by atoms with Crippen molar-refractivity contribution in [1.82, 2.24) is 4.98 Å². The molecule has 2 bridgehead atoms. The summed E-state index contributed by atoms with van der Waals surface area (Å²) < 4.78 is 1.09. The highest BCUT2D eigenvalue weighted by atomic mass is 32.1. The van der Waals surface area contributed by atoms with E-state index in [1.807, 2.05) is 25.1 Å². The van der Waals surface area contributed by atoms with Gasteiger partial charge in [-0.2, -0.15) is 0 Å². The van der Waals surface area contributed by atoms with Crippen LogP contribution in [0.4, 0.5) is 5.13 Å². The lowest BCUT2D eigenvalue weighted by Crippen LogP contribution is -2.40. The first-order chi connectivity index (χ1) is 11.1. The van der Waals surface area contributed by atoms with Crippen LogP contribution < -0.4 is 5.32 Å². The Kier molecular flexibility index (Phi) is 3.68. The zero-order valence-electron chi connectivity index (χ0n) is 13.2. The Morgan fingerprint density at radius 1 is 1.26 bits per heavy atom. The molecule has 0 spiro atoms. The largest absolute Gasteiger partial charge is 0.302 e. The summed E-state index contributed by atoms with van der Waals surface area (Å²) in [5, 5.41) is 3.66. The van der Waals surface area contributed by atoms with Crippen molar-refractivity contribution in [2.75, 3.05) is 5.32 Å². The Hall–Kier alpha value is -1.75. The van der Waals surface area contributed by atoms with Gasteiger partial charge in [-0.1, -0.05) is 29.9 Å². The van der Waals surface area contributed by atoms with Crippen molar-refractivity contribution in [1.29, 1.82) is 0 Å². The number of para-hydroxylation sites is 1. The van der Waals surface area contributed by atoms with Gasteiger partial charge in [-0.3, -0.25) is 9.59 Å². The fourth-order valence-electron chi connectivity index (χ4n) is 4.04. The molecule has 2 atom stereocenters. The fourth-order valence-corrected chi connectivity index (χ4v) is 4.99. The minimum absolute atomic E-state index is 0.0334. The topological polar surface area (TPSA) is 59.1 Å². The minimum Gasteiger partial charge on any atom is -0.302 e. The summed E-state index contributed by atoms with van der Waals surface area (Å²) in [5.41, 5.74) is 2.08. The van der Waals surface area contributed by atoms with Gasteiger partial charge in [-0.15, -0.1) is 0 Å². The van der Waals surface area contributed by atoms with Gasteiger partial charge in [-0.05, 0) is 44.2 Å². The van der Waals surface area contributed by atoms with E-state index in [0.29, 0.717) is 23.8 Å². The van der Waals surface area contributed by atoms with E-state index in [0.717, 1.165) is 35.0 Å². The Balaban J connectivity index is 1.51. The van der Waals surface area contributed by atoms with Crippen molar-refractivity contribution in [2.45, 2.75) is 39.0 Å². The molecule has 1 aromatic heterocycles. The Labute approximate surface area is 139 Å². The zero-order valence-corrected chi connectivity index (χ0v) is 14.0. The van der Waals surface area contributed by atoms with Gasteiger partial charge in [0.25, 0.3) is 0 Å². The number of hydrogen-bond donors (Lipinski definition) is 1. The van der Waals surface area contributed by atoms with E-state index in [9.17, 15) is 9.59 Å². The van der Waals surface area contributed by atoms with Crippen LogP contribution in [0.1, 0.15) is 37.7 Å². The summed E-state index contributed by atoms with van der Waals surface area (Å²) >= 11 is 1.52. The van der Waals surface area contributed by atoms with Crippen LogP contribution in [0, 0.1) is 24.7 Å². The smallest absolute Gasteiger partial charge is 0.229 e. The first kappa shape index (κ1) is 14.8. The van der Waals surface area contributed by atoms with Gasteiger partial charge in [0.05, 0.1) is 10.2 Å². The van der Waals surface area contributed by atoms with Gasteiger partial charge in [0.1, 0.15) is 5.78 Å². The second-order valence-corrected chi connectivity index (χ2v) is 7.86. The van der Waals surface area contributed by atoms with Crippen LogP contribution in [0.3, 0.4) is 0 Å². The lowest BCUT2D eigenvalue weighted by Gasteiger charge is -2.36. The summed E-state index contributed by atoms with van der Waals surface area (Å²) in [6, 6.07) is 6.07. The van der Waals surface area contributed by atoms with Gasteiger partial charge >= 0.3 is 0 Å². The van der Waals surface area contributed by atoms with Crippen molar-refractivity contribution >= 4 is 38.4 Å². The van der Waals surface area contributed by atoms with Crippen molar-refractivity contribution < 1.29 is 9.59 Å². The first-order valence-electron chi connectivity index (χ1n) is 8.32. The molecular weight excluding hydrogens is 308 g/mol. The van der Waals surface area contributed by atoms with Gasteiger partial charge in [0.15, 0.2) is 5.13 Å². The molecule has 1 aromatic carbocycles. The minimum atomic E-state index is -0.0453. The van der Waals surface area contributed by atoms with E-state index in [4.69, 9.17) is 0 Å². The highest BCUT2D eigenvalue weighted by Crippen LogP contribution is 2.40.